The number of hydrogen-bond acceptors (Lipinski definition) is 4. The summed E-state index contributed by atoms with van der Waals surface area (Å²) >= 11 is 1.76. The number of benzene rings is 1. The monoisotopic (exact) mass is 300 g/mol. The predicted octanol–water partition coefficient (Wildman–Crippen LogP) is 1.71. The number of halogens is 1. The number of fused-ring (bicyclic) bond motifs is 1. The van der Waals surface area contributed by atoms with Crippen molar-refractivity contribution in [2.75, 3.05) is 18.2 Å². The molecule has 2 heterocycles. The molecule has 1 fully saturated rings. The highest BCUT2D eigenvalue weighted by Crippen LogP contribution is 2.31. The van der Waals surface area contributed by atoms with Gasteiger partial charge < -0.3 is 10.1 Å². The molecule has 1 amide bonds. The first-order valence-corrected chi connectivity index (χ1v) is 7.33. The smallest absolute Gasteiger partial charge is 0.238 e. The molecule has 0 spiro atoms. The summed E-state index contributed by atoms with van der Waals surface area (Å²) in [7, 11) is 0. The first-order valence-electron chi connectivity index (χ1n) is 6.18. The number of carbonyl (C=O) groups is 1. The van der Waals surface area contributed by atoms with Crippen LogP contribution in [0.2, 0.25) is 0 Å². The molecule has 0 aliphatic carbocycles. The van der Waals surface area contributed by atoms with Crippen molar-refractivity contribution in [1.29, 1.82) is 0 Å². The molecule has 2 unspecified atom stereocenters. The van der Waals surface area contributed by atoms with Gasteiger partial charge in [0.2, 0.25) is 5.91 Å². The van der Waals surface area contributed by atoms with Crippen LogP contribution in [0.3, 0.4) is 0 Å². The van der Waals surface area contributed by atoms with Crippen LogP contribution in [0.5, 0.6) is 5.75 Å². The van der Waals surface area contributed by atoms with Crippen LogP contribution >= 0.6 is 24.2 Å². The lowest BCUT2D eigenvalue weighted by Gasteiger charge is -2.27. The summed E-state index contributed by atoms with van der Waals surface area (Å²) in [6.07, 6.45) is 0.836. The maximum absolute atomic E-state index is 12.1. The van der Waals surface area contributed by atoms with E-state index in [4.69, 9.17) is 4.74 Å². The molecule has 0 saturated carbocycles. The first kappa shape index (κ1) is 14.5. The third-order valence-corrected chi connectivity index (χ3v) is 4.25. The first-order chi connectivity index (χ1) is 8.84. The van der Waals surface area contributed by atoms with Gasteiger partial charge in [0.15, 0.2) is 0 Å². The van der Waals surface area contributed by atoms with Crippen molar-refractivity contribution in [3.63, 3.8) is 0 Å². The molecule has 1 aromatic carbocycles. The third-order valence-electron chi connectivity index (χ3n) is 3.31. The van der Waals surface area contributed by atoms with E-state index in [0.717, 1.165) is 29.4 Å². The second kappa shape index (κ2) is 6.50. The summed E-state index contributed by atoms with van der Waals surface area (Å²) in [6, 6.07) is 7.95. The van der Waals surface area contributed by atoms with Crippen LogP contribution in [0.25, 0.3) is 0 Å². The average molecular weight is 301 g/mol. The van der Waals surface area contributed by atoms with Gasteiger partial charge in [0.25, 0.3) is 0 Å². The highest BCUT2D eigenvalue weighted by Gasteiger charge is 2.27. The minimum Gasteiger partial charge on any atom is -0.493 e. The summed E-state index contributed by atoms with van der Waals surface area (Å²) in [5, 5.41) is 6.31. The number of para-hydroxylation sites is 1. The summed E-state index contributed by atoms with van der Waals surface area (Å²) < 4.78 is 5.59. The number of ether oxygens (including phenoxy) is 1. The zero-order valence-electron chi connectivity index (χ0n) is 10.4. The van der Waals surface area contributed by atoms with Gasteiger partial charge in [-0.25, -0.2) is 0 Å². The summed E-state index contributed by atoms with van der Waals surface area (Å²) in [6.45, 7) is 0.662. The lowest BCUT2D eigenvalue weighted by atomic mass is 10.0. The fraction of sp³-hybridized carbons (Fsp3) is 0.462. The second-order valence-electron chi connectivity index (χ2n) is 4.51. The van der Waals surface area contributed by atoms with Crippen LogP contribution in [0.15, 0.2) is 24.3 Å². The molecule has 19 heavy (non-hydrogen) atoms. The Morgan fingerprint density at radius 1 is 1.42 bits per heavy atom. The summed E-state index contributed by atoms with van der Waals surface area (Å²) in [4.78, 5) is 12.1. The molecule has 2 atom stereocenters. The molecule has 0 bridgehead atoms. The van der Waals surface area contributed by atoms with E-state index in [1.165, 1.54) is 0 Å². The van der Waals surface area contributed by atoms with Crippen molar-refractivity contribution in [2.24, 2.45) is 0 Å². The van der Waals surface area contributed by atoms with Crippen molar-refractivity contribution < 1.29 is 9.53 Å². The van der Waals surface area contributed by atoms with Gasteiger partial charge in [0.05, 0.1) is 18.7 Å². The van der Waals surface area contributed by atoms with E-state index in [9.17, 15) is 4.79 Å². The Bertz CT molecular complexity index is 452. The van der Waals surface area contributed by atoms with Crippen LogP contribution in [0.4, 0.5) is 0 Å². The van der Waals surface area contributed by atoms with Gasteiger partial charge in [-0.1, -0.05) is 18.2 Å². The SMILES string of the molecule is Cl.O=C(NC1CCOc2ccccc21)C1CSCN1. The Balaban J connectivity index is 0.00000133. The number of rotatable bonds is 2. The fourth-order valence-corrected chi connectivity index (χ4v) is 3.27. The zero-order valence-corrected chi connectivity index (χ0v) is 12.1. The second-order valence-corrected chi connectivity index (χ2v) is 5.54. The van der Waals surface area contributed by atoms with E-state index in [1.807, 2.05) is 24.3 Å². The van der Waals surface area contributed by atoms with Crippen molar-refractivity contribution >= 4 is 30.1 Å². The molecule has 2 aliphatic rings. The average Bonchev–Trinajstić information content (AvgIpc) is 2.93. The van der Waals surface area contributed by atoms with Gasteiger partial charge in [-0.05, 0) is 6.07 Å². The highest BCUT2D eigenvalue weighted by atomic mass is 35.5. The standard InChI is InChI=1S/C13H16N2O2S.ClH/c16-13(11-7-18-8-14-11)15-10-5-6-17-12-4-2-1-3-9(10)12;/h1-4,10-11,14H,5-8H2,(H,15,16);1H. The minimum atomic E-state index is -0.0509. The molecule has 6 heteroatoms. The number of carbonyl (C=O) groups excluding carboxylic acids is 1. The minimum absolute atomic E-state index is 0. The number of nitrogens with one attached hydrogen (secondary N) is 2. The molecule has 1 saturated heterocycles. The molecular formula is C13H17ClN2O2S. The van der Waals surface area contributed by atoms with Crippen molar-refractivity contribution in [3.05, 3.63) is 29.8 Å². The van der Waals surface area contributed by atoms with Crippen molar-refractivity contribution in [1.82, 2.24) is 10.6 Å². The summed E-state index contributed by atoms with van der Waals surface area (Å²) in [5.74, 6) is 2.71. The van der Waals surface area contributed by atoms with Crippen molar-refractivity contribution in [2.45, 2.75) is 18.5 Å². The maximum atomic E-state index is 12.1. The number of hydrogen-bond donors (Lipinski definition) is 2. The molecule has 4 nitrogen and oxygen atoms in total. The molecule has 2 aliphatic heterocycles. The van der Waals surface area contributed by atoms with Crippen LogP contribution in [-0.2, 0) is 4.79 Å². The Morgan fingerprint density at radius 3 is 3.05 bits per heavy atom. The maximum Gasteiger partial charge on any atom is 0.238 e. The van der Waals surface area contributed by atoms with Gasteiger partial charge in [0, 0.05) is 23.6 Å². The van der Waals surface area contributed by atoms with E-state index in [1.54, 1.807) is 11.8 Å². The van der Waals surface area contributed by atoms with E-state index in [-0.39, 0.29) is 30.4 Å². The van der Waals surface area contributed by atoms with Crippen LogP contribution in [0, 0.1) is 0 Å². The number of thioether (sulfide) groups is 1. The van der Waals surface area contributed by atoms with Crippen LogP contribution in [-0.4, -0.2) is 30.2 Å². The van der Waals surface area contributed by atoms with E-state index >= 15 is 0 Å². The highest BCUT2D eigenvalue weighted by molar-refractivity contribution is 7.99. The third kappa shape index (κ3) is 3.16. The van der Waals surface area contributed by atoms with Crippen LogP contribution in [0.1, 0.15) is 18.0 Å². The van der Waals surface area contributed by atoms with E-state index in [0.29, 0.717) is 6.61 Å². The molecular weight excluding hydrogens is 284 g/mol. The van der Waals surface area contributed by atoms with Gasteiger partial charge in [-0.3, -0.25) is 10.1 Å². The Kier molecular flexibility index (Phi) is 4.96. The van der Waals surface area contributed by atoms with Gasteiger partial charge in [0.1, 0.15) is 5.75 Å². The molecule has 0 aromatic heterocycles. The van der Waals surface area contributed by atoms with Gasteiger partial charge in [-0.2, -0.15) is 0 Å². The quantitative estimate of drug-likeness (QED) is 0.873. The Hall–Kier alpha value is -0.910. The fourth-order valence-electron chi connectivity index (χ4n) is 2.33. The lowest BCUT2D eigenvalue weighted by molar-refractivity contribution is -0.123. The largest absolute Gasteiger partial charge is 0.493 e. The molecule has 0 radical (unpaired) electrons. The molecule has 1 aromatic rings. The molecule has 2 N–H and O–H groups in total. The van der Waals surface area contributed by atoms with E-state index in [2.05, 4.69) is 10.6 Å². The zero-order chi connectivity index (χ0) is 12.4. The Labute approximate surface area is 123 Å². The van der Waals surface area contributed by atoms with Gasteiger partial charge >= 0.3 is 0 Å². The lowest BCUT2D eigenvalue weighted by Crippen LogP contribution is -2.44. The normalized spacial score (nSPS) is 24.8. The number of amides is 1. The van der Waals surface area contributed by atoms with Crippen molar-refractivity contribution in [3.8, 4) is 5.75 Å². The molecule has 104 valence electrons. The molecule has 3 rings (SSSR count). The van der Waals surface area contributed by atoms with Gasteiger partial charge in [-0.15, -0.1) is 24.2 Å². The predicted molar refractivity (Wildman–Crippen MR) is 78.9 cm³/mol. The van der Waals surface area contributed by atoms with E-state index < -0.39 is 0 Å². The van der Waals surface area contributed by atoms with Crippen LogP contribution < -0.4 is 15.4 Å². The summed E-state index contributed by atoms with van der Waals surface area (Å²) in [5.41, 5.74) is 1.09. The topological polar surface area (TPSA) is 50.4 Å². The Morgan fingerprint density at radius 2 is 2.26 bits per heavy atom.